The first-order valence-corrected chi connectivity index (χ1v) is 7.07. The average Bonchev–Trinajstić information content (AvgIpc) is 2.53. The smallest absolute Gasteiger partial charge is 0.119 e. The van der Waals surface area contributed by atoms with Crippen LogP contribution in [-0.2, 0) is 6.54 Å². The van der Waals surface area contributed by atoms with Crippen LogP contribution in [0.2, 0.25) is 5.02 Å². The van der Waals surface area contributed by atoms with E-state index in [9.17, 15) is 0 Å². The Morgan fingerprint density at radius 3 is 2.76 bits per heavy atom. The number of hydrogen-bond acceptors (Lipinski definition) is 3. The van der Waals surface area contributed by atoms with Crippen LogP contribution < -0.4 is 10.1 Å². The van der Waals surface area contributed by atoms with E-state index in [-0.39, 0.29) is 6.04 Å². The normalized spacial score (nSPS) is 11.7. The van der Waals surface area contributed by atoms with Crippen molar-refractivity contribution in [2.45, 2.75) is 19.5 Å². The van der Waals surface area contributed by atoms with E-state index in [1.54, 1.807) is 19.2 Å². The van der Waals surface area contributed by atoms with Gasteiger partial charge in [-0.25, -0.2) is 0 Å². The number of rotatable bonds is 5. The maximum Gasteiger partial charge on any atom is 0.119 e. The highest BCUT2D eigenvalue weighted by Gasteiger charge is 2.08. The summed E-state index contributed by atoms with van der Waals surface area (Å²) in [7, 11) is 1.66. The Morgan fingerprint density at radius 1 is 1.29 bits per heavy atom. The molecule has 3 nitrogen and oxygen atoms in total. The number of halogens is 1. The Labute approximate surface area is 130 Å². The molecule has 0 saturated carbocycles. The van der Waals surface area contributed by atoms with E-state index < -0.39 is 0 Å². The Morgan fingerprint density at radius 2 is 2.10 bits per heavy atom. The van der Waals surface area contributed by atoms with E-state index in [4.69, 9.17) is 21.6 Å². The third-order valence-corrected chi connectivity index (χ3v) is 3.73. The SMILES string of the molecule is COc1cccc([C@H](C)NCc2ccc(C#N)cc2Cl)c1. The van der Waals surface area contributed by atoms with Crippen LogP contribution in [0.25, 0.3) is 0 Å². The third kappa shape index (κ3) is 3.98. The van der Waals surface area contributed by atoms with Crippen LogP contribution in [0.4, 0.5) is 0 Å². The van der Waals surface area contributed by atoms with Crippen LogP contribution in [0.5, 0.6) is 5.75 Å². The highest BCUT2D eigenvalue weighted by molar-refractivity contribution is 6.31. The molecule has 0 saturated heterocycles. The first-order valence-electron chi connectivity index (χ1n) is 6.70. The van der Waals surface area contributed by atoms with Crippen LogP contribution in [0.15, 0.2) is 42.5 Å². The lowest BCUT2D eigenvalue weighted by Crippen LogP contribution is -2.18. The van der Waals surface area contributed by atoms with Crippen molar-refractivity contribution < 1.29 is 4.74 Å². The monoisotopic (exact) mass is 300 g/mol. The molecule has 0 spiro atoms. The number of methoxy groups -OCH3 is 1. The molecular weight excluding hydrogens is 284 g/mol. The maximum atomic E-state index is 8.83. The van der Waals surface area contributed by atoms with Gasteiger partial charge in [0.05, 0.1) is 18.7 Å². The highest BCUT2D eigenvalue weighted by Crippen LogP contribution is 2.21. The van der Waals surface area contributed by atoms with Crippen LogP contribution in [0.1, 0.15) is 29.7 Å². The molecule has 1 N–H and O–H groups in total. The summed E-state index contributed by atoms with van der Waals surface area (Å²) < 4.78 is 5.23. The fraction of sp³-hybridized carbons (Fsp3) is 0.235. The molecule has 2 rings (SSSR count). The maximum absolute atomic E-state index is 8.83. The topological polar surface area (TPSA) is 45.0 Å². The van der Waals surface area contributed by atoms with Gasteiger partial charge < -0.3 is 10.1 Å². The molecule has 0 bridgehead atoms. The highest BCUT2D eigenvalue weighted by atomic mass is 35.5. The predicted molar refractivity (Wildman–Crippen MR) is 84.4 cm³/mol. The van der Waals surface area contributed by atoms with Gasteiger partial charge in [-0.15, -0.1) is 0 Å². The average molecular weight is 301 g/mol. The third-order valence-electron chi connectivity index (χ3n) is 3.37. The fourth-order valence-corrected chi connectivity index (χ4v) is 2.30. The number of ether oxygens (including phenoxy) is 1. The van der Waals surface area contributed by atoms with Gasteiger partial charge in [0.15, 0.2) is 0 Å². The van der Waals surface area contributed by atoms with Gasteiger partial charge in [0.1, 0.15) is 5.75 Å². The minimum Gasteiger partial charge on any atom is -0.497 e. The molecule has 2 aromatic carbocycles. The van der Waals surface area contributed by atoms with Crippen molar-refractivity contribution in [3.05, 3.63) is 64.2 Å². The summed E-state index contributed by atoms with van der Waals surface area (Å²) in [5, 5.41) is 12.9. The lowest BCUT2D eigenvalue weighted by atomic mass is 10.1. The van der Waals surface area contributed by atoms with Crippen molar-refractivity contribution in [2.75, 3.05) is 7.11 Å². The van der Waals surface area contributed by atoms with E-state index in [0.29, 0.717) is 17.1 Å². The number of benzene rings is 2. The Balaban J connectivity index is 2.04. The van der Waals surface area contributed by atoms with Crippen molar-refractivity contribution in [1.29, 1.82) is 5.26 Å². The molecule has 0 amide bonds. The van der Waals surface area contributed by atoms with E-state index in [1.807, 2.05) is 24.3 Å². The second-order valence-electron chi connectivity index (χ2n) is 4.80. The molecule has 0 aliphatic rings. The molecule has 0 radical (unpaired) electrons. The zero-order valence-electron chi connectivity index (χ0n) is 12.1. The predicted octanol–water partition coefficient (Wildman–Crippen LogP) is 4.07. The van der Waals surface area contributed by atoms with E-state index in [1.165, 1.54) is 0 Å². The lowest BCUT2D eigenvalue weighted by molar-refractivity contribution is 0.413. The number of nitriles is 1. The van der Waals surface area contributed by atoms with E-state index in [0.717, 1.165) is 16.9 Å². The fourth-order valence-electron chi connectivity index (χ4n) is 2.05. The summed E-state index contributed by atoms with van der Waals surface area (Å²) in [6.45, 7) is 2.73. The summed E-state index contributed by atoms with van der Waals surface area (Å²) in [5.74, 6) is 0.845. The van der Waals surface area contributed by atoms with Gasteiger partial charge in [0, 0.05) is 17.6 Å². The Hall–Kier alpha value is -2.02. The Bertz CT molecular complexity index is 664. The van der Waals surface area contributed by atoms with Crippen molar-refractivity contribution >= 4 is 11.6 Å². The van der Waals surface area contributed by atoms with Gasteiger partial charge in [-0.3, -0.25) is 0 Å². The molecule has 2 aromatic rings. The van der Waals surface area contributed by atoms with Gasteiger partial charge >= 0.3 is 0 Å². The largest absolute Gasteiger partial charge is 0.497 e. The molecule has 1 atom stereocenters. The number of nitrogens with one attached hydrogen (secondary N) is 1. The van der Waals surface area contributed by atoms with Crippen molar-refractivity contribution in [1.82, 2.24) is 5.32 Å². The minimum absolute atomic E-state index is 0.173. The summed E-state index contributed by atoms with van der Waals surface area (Å²) in [4.78, 5) is 0. The van der Waals surface area contributed by atoms with Crippen LogP contribution in [-0.4, -0.2) is 7.11 Å². The van der Waals surface area contributed by atoms with Crippen molar-refractivity contribution in [3.63, 3.8) is 0 Å². The molecule has 0 unspecified atom stereocenters. The van der Waals surface area contributed by atoms with Crippen LogP contribution in [0, 0.1) is 11.3 Å². The summed E-state index contributed by atoms with van der Waals surface area (Å²) in [6, 6.07) is 15.6. The zero-order valence-corrected chi connectivity index (χ0v) is 12.8. The van der Waals surface area contributed by atoms with Crippen molar-refractivity contribution in [2.24, 2.45) is 0 Å². The molecule has 21 heavy (non-hydrogen) atoms. The Kier molecular flexibility index (Phi) is 5.21. The van der Waals surface area contributed by atoms with E-state index in [2.05, 4.69) is 24.4 Å². The van der Waals surface area contributed by atoms with Gasteiger partial charge in [-0.2, -0.15) is 5.26 Å². The van der Waals surface area contributed by atoms with Gasteiger partial charge in [-0.1, -0.05) is 29.8 Å². The first kappa shape index (κ1) is 15.4. The molecule has 4 heteroatoms. The van der Waals surface area contributed by atoms with Gasteiger partial charge in [0.2, 0.25) is 0 Å². The molecule has 0 heterocycles. The molecule has 0 aromatic heterocycles. The zero-order chi connectivity index (χ0) is 15.2. The molecule has 0 aliphatic heterocycles. The summed E-state index contributed by atoms with van der Waals surface area (Å²) >= 11 is 6.17. The summed E-state index contributed by atoms with van der Waals surface area (Å²) in [6.07, 6.45) is 0. The van der Waals surface area contributed by atoms with Gasteiger partial charge in [-0.05, 0) is 42.3 Å². The van der Waals surface area contributed by atoms with Gasteiger partial charge in [0.25, 0.3) is 0 Å². The first-order chi connectivity index (χ1) is 10.1. The van der Waals surface area contributed by atoms with Crippen LogP contribution >= 0.6 is 11.6 Å². The molecular formula is C17H17ClN2O. The van der Waals surface area contributed by atoms with E-state index >= 15 is 0 Å². The van der Waals surface area contributed by atoms with Crippen molar-refractivity contribution in [3.8, 4) is 11.8 Å². The number of hydrogen-bond donors (Lipinski definition) is 1. The quantitative estimate of drug-likeness (QED) is 0.905. The standard InChI is InChI=1S/C17H17ClN2O/c1-12(14-4-3-5-16(9-14)21-2)20-11-15-7-6-13(10-19)8-17(15)18/h3-9,12,20H,11H2,1-2H3/t12-/m0/s1. The summed E-state index contributed by atoms with van der Waals surface area (Å²) in [5.41, 5.74) is 2.70. The molecule has 0 fully saturated rings. The molecule has 108 valence electrons. The second kappa shape index (κ2) is 7.12. The minimum atomic E-state index is 0.173. The lowest BCUT2D eigenvalue weighted by Gasteiger charge is -2.16. The number of nitrogens with zero attached hydrogens (tertiary/aromatic N) is 1. The second-order valence-corrected chi connectivity index (χ2v) is 5.20. The molecule has 0 aliphatic carbocycles. The van der Waals surface area contributed by atoms with Crippen LogP contribution in [0.3, 0.4) is 0 Å².